The molecule has 0 fully saturated rings. The molecule has 0 spiro atoms. The maximum Gasteiger partial charge on any atom is 0.325 e. The number of carbonyl (C=O) groups is 1. The van der Waals surface area contributed by atoms with Crippen molar-refractivity contribution in [2.75, 3.05) is 11.9 Å². The molecule has 0 atom stereocenters. The van der Waals surface area contributed by atoms with Crippen LogP contribution in [0.2, 0.25) is 0 Å². The van der Waals surface area contributed by atoms with Gasteiger partial charge in [-0.05, 0) is 38.5 Å². The third-order valence-corrected chi connectivity index (χ3v) is 2.59. The van der Waals surface area contributed by atoms with E-state index in [1.807, 2.05) is 45.0 Å². The Morgan fingerprint density at radius 3 is 2.71 bits per heavy atom. The van der Waals surface area contributed by atoms with Crippen LogP contribution >= 0.6 is 15.9 Å². The van der Waals surface area contributed by atoms with Crippen LogP contribution in [0.15, 0.2) is 24.3 Å². The lowest BCUT2D eigenvalue weighted by molar-refractivity contribution is -0.152. The lowest BCUT2D eigenvalue weighted by atomic mass is 10.2. The van der Waals surface area contributed by atoms with Gasteiger partial charge in [-0.2, -0.15) is 0 Å². The summed E-state index contributed by atoms with van der Waals surface area (Å²) in [6.07, 6.45) is 0. The number of ether oxygens (including phenoxy) is 1. The molecule has 0 radical (unpaired) electrons. The molecule has 0 unspecified atom stereocenters. The number of anilines is 1. The van der Waals surface area contributed by atoms with Gasteiger partial charge in [-0.25, -0.2) is 0 Å². The Kier molecular flexibility index (Phi) is 5.00. The van der Waals surface area contributed by atoms with Crippen molar-refractivity contribution < 1.29 is 9.53 Å². The number of nitrogens with one attached hydrogen (secondary N) is 1. The topological polar surface area (TPSA) is 38.3 Å². The third-order valence-electron chi connectivity index (χ3n) is 1.94. The van der Waals surface area contributed by atoms with Gasteiger partial charge in [0.25, 0.3) is 0 Å². The first-order chi connectivity index (χ1) is 7.90. The van der Waals surface area contributed by atoms with E-state index in [4.69, 9.17) is 4.74 Å². The maximum absolute atomic E-state index is 11.5. The van der Waals surface area contributed by atoms with Gasteiger partial charge in [0.05, 0.1) is 0 Å². The Balaban J connectivity index is 2.47. The van der Waals surface area contributed by atoms with Crippen LogP contribution in [0.1, 0.15) is 26.3 Å². The normalized spacial score (nSPS) is 11.1. The van der Waals surface area contributed by atoms with Gasteiger partial charge in [0.1, 0.15) is 12.1 Å². The van der Waals surface area contributed by atoms with Crippen molar-refractivity contribution in [2.24, 2.45) is 0 Å². The SMILES string of the molecule is CC(C)(C)OC(=O)CNc1cccc(CBr)c1. The standard InChI is InChI=1S/C13H18BrNO2/c1-13(2,3)17-12(16)9-15-11-6-4-5-10(7-11)8-14/h4-7,15H,8-9H2,1-3H3. The third kappa shape index (κ3) is 5.73. The van der Waals surface area contributed by atoms with Crippen molar-refractivity contribution >= 4 is 27.6 Å². The number of hydrogen-bond acceptors (Lipinski definition) is 3. The monoisotopic (exact) mass is 299 g/mol. The minimum absolute atomic E-state index is 0.184. The molecule has 1 aromatic carbocycles. The quantitative estimate of drug-likeness (QED) is 0.684. The van der Waals surface area contributed by atoms with Crippen LogP contribution in [0.25, 0.3) is 0 Å². The van der Waals surface area contributed by atoms with E-state index in [9.17, 15) is 4.79 Å². The molecule has 0 aliphatic heterocycles. The van der Waals surface area contributed by atoms with Crippen LogP contribution < -0.4 is 5.32 Å². The summed E-state index contributed by atoms with van der Waals surface area (Å²) in [4.78, 5) is 11.5. The van der Waals surface area contributed by atoms with Gasteiger partial charge in [0.15, 0.2) is 0 Å². The molecule has 0 aliphatic carbocycles. The Labute approximate surface area is 111 Å². The average molecular weight is 300 g/mol. The largest absolute Gasteiger partial charge is 0.459 e. The van der Waals surface area contributed by atoms with E-state index in [1.54, 1.807) is 0 Å². The van der Waals surface area contributed by atoms with Crippen LogP contribution in [0, 0.1) is 0 Å². The van der Waals surface area contributed by atoms with Crippen molar-refractivity contribution in [3.8, 4) is 0 Å². The second-order valence-corrected chi connectivity index (χ2v) is 5.33. The zero-order valence-electron chi connectivity index (χ0n) is 10.4. The molecule has 0 saturated carbocycles. The summed E-state index contributed by atoms with van der Waals surface area (Å²) >= 11 is 3.39. The fourth-order valence-corrected chi connectivity index (χ4v) is 1.67. The smallest absolute Gasteiger partial charge is 0.325 e. The van der Waals surface area contributed by atoms with Crippen molar-refractivity contribution in [1.82, 2.24) is 0 Å². The number of rotatable bonds is 4. The van der Waals surface area contributed by atoms with Crippen LogP contribution in [-0.4, -0.2) is 18.1 Å². The van der Waals surface area contributed by atoms with Gasteiger partial charge in [-0.1, -0.05) is 28.1 Å². The van der Waals surface area contributed by atoms with Crippen LogP contribution in [0.4, 0.5) is 5.69 Å². The van der Waals surface area contributed by atoms with E-state index >= 15 is 0 Å². The summed E-state index contributed by atoms with van der Waals surface area (Å²) in [6, 6.07) is 7.90. The molecule has 1 N–H and O–H groups in total. The maximum atomic E-state index is 11.5. The number of carbonyl (C=O) groups excluding carboxylic acids is 1. The minimum atomic E-state index is -0.434. The molecular formula is C13H18BrNO2. The number of benzene rings is 1. The number of halogens is 1. The first kappa shape index (κ1) is 14.0. The lowest BCUT2D eigenvalue weighted by Crippen LogP contribution is -2.28. The molecule has 0 heterocycles. The fourth-order valence-electron chi connectivity index (χ4n) is 1.32. The van der Waals surface area contributed by atoms with Crippen LogP contribution in [0.3, 0.4) is 0 Å². The first-order valence-corrected chi connectivity index (χ1v) is 6.63. The summed E-state index contributed by atoms with van der Waals surface area (Å²) in [5, 5.41) is 3.85. The van der Waals surface area contributed by atoms with Crippen molar-refractivity contribution in [3.05, 3.63) is 29.8 Å². The molecule has 1 rings (SSSR count). The molecule has 17 heavy (non-hydrogen) atoms. The van der Waals surface area contributed by atoms with Gasteiger partial charge in [-0.3, -0.25) is 4.79 Å². The highest BCUT2D eigenvalue weighted by Gasteiger charge is 2.15. The molecular weight excluding hydrogens is 282 g/mol. The van der Waals surface area contributed by atoms with Gasteiger partial charge in [0.2, 0.25) is 0 Å². The predicted molar refractivity (Wildman–Crippen MR) is 73.4 cm³/mol. The Morgan fingerprint density at radius 1 is 1.41 bits per heavy atom. The second-order valence-electron chi connectivity index (χ2n) is 4.77. The van der Waals surface area contributed by atoms with Gasteiger partial charge in [-0.15, -0.1) is 0 Å². The van der Waals surface area contributed by atoms with Gasteiger partial charge in [0, 0.05) is 11.0 Å². The van der Waals surface area contributed by atoms with E-state index in [-0.39, 0.29) is 12.5 Å². The molecule has 4 heteroatoms. The fraction of sp³-hybridized carbons (Fsp3) is 0.462. The number of hydrogen-bond donors (Lipinski definition) is 1. The number of esters is 1. The number of alkyl halides is 1. The summed E-state index contributed by atoms with van der Waals surface area (Å²) in [7, 11) is 0. The highest BCUT2D eigenvalue weighted by atomic mass is 79.9. The van der Waals surface area contributed by atoms with E-state index in [0.29, 0.717) is 0 Å². The van der Waals surface area contributed by atoms with E-state index < -0.39 is 5.60 Å². The van der Waals surface area contributed by atoms with E-state index in [2.05, 4.69) is 21.2 Å². The highest BCUT2D eigenvalue weighted by Crippen LogP contribution is 2.13. The zero-order valence-corrected chi connectivity index (χ0v) is 12.0. The van der Waals surface area contributed by atoms with Crippen molar-refractivity contribution in [3.63, 3.8) is 0 Å². The Hall–Kier alpha value is -1.03. The molecule has 0 aromatic heterocycles. The van der Waals surface area contributed by atoms with E-state index in [1.165, 1.54) is 5.56 Å². The molecule has 94 valence electrons. The Morgan fingerprint density at radius 2 is 2.12 bits per heavy atom. The summed E-state index contributed by atoms with van der Waals surface area (Å²) in [6.45, 7) is 5.76. The zero-order chi connectivity index (χ0) is 12.9. The molecule has 0 aliphatic rings. The first-order valence-electron chi connectivity index (χ1n) is 5.51. The predicted octanol–water partition coefficient (Wildman–Crippen LogP) is 3.34. The molecule has 3 nitrogen and oxygen atoms in total. The molecule has 0 bridgehead atoms. The van der Waals surface area contributed by atoms with Crippen molar-refractivity contribution in [1.29, 1.82) is 0 Å². The minimum Gasteiger partial charge on any atom is -0.459 e. The van der Waals surface area contributed by atoms with Gasteiger partial charge >= 0.3 is 5.97 Å². The average Bonchev–Trinajstić information content (AvgIpc) is 2.24. The molecule has 0 saturated heterocycles. The lowest BCUT2D eigenvalue weighted by Gasteiger charge is -2.19. The summed E-state index contributed by atoms with van der Waals surface area (Å²) in [5.74, 6) is -0.248. The summed E-state index contributed by atoms with van der Waals surface area (Å²) < 4.78 is 5.21. The molecule has 0 amide bonds. The van der Waals surface area contributed by atoms with Crippen LogP contribution in [0.5, 0.6) is 0 Å². The van der Waals surface area contributed by atoms with Crippen LogP contribution in [-0.2, 0) is 14.9 Å². The van der Waals surface area contributed by atoms with Gasteiger partial charge < -0.3 is 10.1 Å². The van der Waals surface area contributed by atoms with E-state index in [0.717, 1.165) is 11.0 Å². The Bertz CT molecular complexity index is 385. The molecule has 1 aromatic rings. The van der Waals surface area contributed by atoms with Crippen molar-refractivity contribution in [2.45, 2.75) is 31.7 Å². The summed E-state index contributed by atoms with van der Waals surface area (Å²) in [5.41, 5.74) is 1.66. The second kappa shape index (κ2) is 6.05. The highest BCUT2D eigenvalue weighted by molar-refractivity contribution is 9.08.